The molecule has 5 heteroatoms. The van der Waals surface area contributed by atoms with Crippen molar-refractivity contribution in [3.8, 4) is 0 Å². The van der Waals surface area contributed by atoms with Crippen molar-refractivity contribution in [2.45, 2.75) is 6.61 Å². The number of thiocarbonyl (C=S) groups is 1. The van der Waals surface area contributed by atoms with E-state index in [1.807, 2.05) is 24.3 Å². The number of nitrogens with one attached hydrogen (secondary N) is 1. The van der Waals surface area contributed by atoms with Gasteiger partial charge in [-0.3, -0.25) is 0 Å². The molecular weight excluding hydrogens is 275 g/mol. The van der Waals surface area contributed by atoms with E-state index in [2.05, 4.69) is 5.32 Å². The molecule has 0 fully saturated rings. The Morgan fingerprint density at radius 2 is 2.00 bits per heavy atom. The molecule has 0 aliphatic rings. The van der Waals surface area contributed by atoms with Crippen LogP contribution in [0.2, 0.25) is 0 Å². The van der Waals surface area contributed by atoms with E-state index < -0.39 is 0 Å². The molecule has 0 radical (unpaired) electrons. The Labute approximate surface area is 122 Å². The zero-order valence-corrected chi connectivity index (χ0v) is 11.8. The van der Waals surface area contributed by atoms with Gasteiger partial charge in [0.25, 0.3) is 0 Å². The number of rotatable bonds is 5. The highest BCUT2D eigenvalue weighted by molar-refractivity contribution is 7.80. The van der Waals surface area contributed by atoms with Crippen LogP contribution in [-0.2, 0) is 11.3 Å². The minimum Gasteiger partial charge on any atom is -0.389 e. The molecule has 0 amide bonds. The van der Waals surface area contributed by atoms with Gasteiger partial charge in [0.2, 0.25) is 0 Å². The van der Waals surface area contributed by atoms with Crippen molar-refractivity contribution in [3.05, 3.63) is 59.4 Å². The molecule has 0 unspecified atom stereocenters. The summed E-state index contributed by atoms with van der Waals surface area (Å²) >= 11 is 4.96. The predicted molar refractivity (Wildman–Crippen MR) is 82.7 cm³/mol. The maximum atomic E-state index is 13.3. The lowest BCUT2D eigenvalue weighted by molar-refractivity contribution is 0.185. The molecule has 0 heterocycles. The number of hydrogen-bond donors (Lipinski definition) is 2. The number of hydrogen-bond acceptors (Lipinski definition) is 3. The molecule has 2 aromatic rings. The second-order valence-corrected chi connectivity index (χ2v) is 4.71. The molecule has 0 aromatic heterocycles. The van der Waals surface area contributed by atoms with Gasteiger partial charge < -0.3 is 15.8 Å². The largest absolute Gasteiger partial charge is 0.389 e. The minimum atomic E-state index is -0.372. The summed E-state index contributed by atoms with van der Waals surface area (Å²) in [7, 11) is 1.63. The van der Waals surface area contributed by atoms with Gasteiger partial charge in [-0.2, -0.15) is 0 Å². The number of nitrogens with two attached hydrogens (primary N) is 1. The number of benzene rings is 2. The summed E-state index contributed by atoms with van der Waals surface area (Å²) in [6.07, 6.45) is 0. The van der Waals surface area contributed by atoms with E-state index in [1.165, 1.54) is 12.1 Å². The van der Waals surface area contributed by atoms with E-state index in [1.54, 1.807) is 13.2 Å². The van der Waals surface area contributed by atoms with Crippen molar-refractivity contribution in [1.82, 2.24) is 0 Å². The summed E-state index contributed by atoms with van der Waals surface area (Å²) in [6.45, 7) is 0.479. The smallest absolute Gasteiger partial charge is 0.124 e. The summed E-state index contributed by atoms with van der Waals surface area (Å²) in [6, 6.07) is 12.0. The summed E-state index contributed by atoms with van der Waals surface area (Å²) in [5.74, 6) is -0.372. The van der Waals surface area contributed by atoms with E-state index in [0.29, 0.717) is 17.9 Å². The third-order valence-electron chi connectivity index (χ3n) is 2.83. The Bertz CT molecular complexity index is 631. The zero-order chi connectivity index (χ0) is 14.5. The molecule has 0 aliphatic carbocycles. The second-order valence-electron chi connectivity index (χ2n) is 4.27. The molecule has 3 N–H and O–H groups in total. The fourth-order valence-corrected chi connectivity index (χ4v) is 2.07. The SMILES string of the molecule is COCc1ccccc1Nc1ccc(F)cc1C(N)=S. The normalized spacial score (nSPS) is 10.3. The minimum absolute atomic E-state index is 0.149. The van der Waals surface area contributed by atoms with Crippen molar-refractivity contribution in [2.75, 3.05) is 12.4 Å². The standard InChI is InChI=1S/C15H15FN2OS/c1-19-9-10-4-2-3-5-13(10)18-14-7-6-11(16)8-12(14)15(17)20/h2-8,18H,9H2,1H3,(H2,17,20). The highest BCUT2D eigenvalue weighted by Gasteiger charge is 2.09. The van der Waals surface area contributed by atoms with E-state index in [-0.39, 0.29) is 10.8 Å². The lowest BCUT2D eigenvalue weighted by Crippen LogP contribution is -2.12. The lowest BCUT2D eigenvalue weighted by atomic mass is 10.1. The van der Waals surface area contributed by atoms with E-state index >= 15 is 0 Å². The van der Waals surface area contributed by atoms with Gasteiger partial charge in [0, 0.05) is 29.6 Å². The Kier molecular flexibility index (Phi) is 4.65. The van der Waals surface area contributed by atoms with Crippen LogP contribution in [0.15, 0.2) is 42.5 Å². The molecule has 20 heavy (non-hydrogen) atoms. The van der Waals surface area contributed by atoms with Gasteiger partial charge in [-0.25, -0.2) is 4.39 Å². The topological polar surface area (TPSA) is 47.3 Å². The first-order valence-electron chi connectivity index (χ1n) is 6.05. The highest BCUT2D eigenvalue weighted by Crippen LogP contribution is 2.25. The summed E-state index contributed by atoms with van der Waals surface area (Å²) in [4.78, 5) is 0.149. The van der Waals surface area contributed by atoms with Gasteiger partial charge in [-0.15, -0.1) is 0 Å². The zero-order valence-electron chi connectivity index (χ0n) is 11.0. The maximum Gasteiger partial charge on any atom is 0.124 e. The summed E-state index contributed by atoms with van der Waals surface area (Å²) < 4.78 is 18.4. The number of halogens is 1. The third kappa shape index (κ3) is 3.31. The number of methoxy groups -OCH3 is 1. The molecule has 2 aromatic carbocycles. The number of ether oxygens (including phenoxy) is 1. The van der Waals surface area contributed by atoms with Gasteiger partial charge >= 0.3 is 0 Å². The summed E-state index contributed by atoms with van der Waals surface area (Å²) in [5.41, 5.74) is 8.65. The Balaban J connectivity index is 2.37. The first kappa shape index (κ1) is 14.4. The summed E-state index contributed by atoms with van der Waals surface area (Å²) in [5, 5.41) is 3.22. The maximum absolute atomic E-state index is 13.3. The van der Waals surface area contributed by atoms with Crippen LogP contribution in [0.5, 0.6) is 0 Å². The Morgan fingerprint density at radius 1 is 1.25 bits per heavy atom. The molecule has 0 spiro atoms. The van der Waals surface area contributed by atoms with Crippen LogP contribution in [-0.4, -0.2) is 12.1 Å². The third-order valence-corrected chi connectivity index (χ3v) is 3.05. The van der Waals surface area contributed by atoms with Crippen LogP contribution in [0.3, 0.4) is 0 Å². The van der Waals surface area contributed by atoms with Crippen molar-refractivity contribution in [2.24, 2.45) is 5.73 Å². The van der Waals surface area contributed by atoms with Gasteiger partial charge in [0.05, 0.1) is 6.61 Å². The number of para-hydroxylation sites is 1. The van der Waals surface area contributed by atoms with Crippen molar-refractivity contribution in [3.63, 3.8) is 0 Å². The van der Waals surface area contributed by atoms with Crippen LogP contribution in [0.25, 0.3) is 0 Å². The second kappa shape index (κ2) is 6.45. The first-order valence-corrected chi connectivity index (χ1v) is 6.46. The molecule has 0 saturated carbocycles. The highest BCUT2D eigenvalue weighted by atomic mass is 32.1. The van der Waals surface area contributed by atoms with Gasteiger partial charge in [0.1, 0.15) is 10.8 Å². The van der Waals surface area contributed by atoms with Crippen molar-refractivity contribution in [1.29, 1.82) is 0 Å². The molecule has 2 rings (SSSR count). The van der Waals surface area contributed by atoms with Crippen molar-refractivity contribution < 1.29 is 9.13 Å². The average molecular weight is 290 g/mol. The molecule has 0 aliphatic heterocycles. The average Bonchev–Trinajstić information content (AvgIpc) is 2.43. The van der Waals surface area contributed by atoms with Gasteiger partial charge in [-0.1, -0.05) is 30.4 Å². The van der Waals surface area contributed by atoms with Gasteiger partial charge in [-0.05, 0) is 24.3 Å². The van der Waals surface area contributed by atoms with Crippen LogP contribution in [0, 0.1) is 5.82 Å². The first-order chi connectivity index (χ1) is 9.61. The quantitative estimate of drug-likeness (QED) is 0.829. The van der Waals surface area contributed by atoms with Crippen LogP contribution in [0.4, 0.5) is 15.8 Å². The van der Waals surface area contributed by atoms with Gasteiger partial charge in [0.15, 0.2) is 0 Å². The molecule has 0 saturated heterocycles. The predicted octanol–water partition coefficient (Wildman–Crippen LogP) is 3.35. The van der Waals surface area contributed by atoms with Crippen LogP contribution in [0.1, 0.15) is 11.1 Å². The van der Waals surface area contributed by atoms with Crippen LogP contribution < -0.4 is 11.1 Å². The lowest BCUT2D eigenvalue weighted by Gasteiger charge is -2.14. The Morgan fingerprint density at radius 3 is 2.70 bits per heavy atom. The molecule has 104 valence electrons. The monoisotopic (exact) mass is 290 g/mol. The van der Waals surface area contributed by atoms with E-state index in [0.717, 1.165) is 11.3 Å². The molecule has 0 bridgehead atoms. The van der Waals surface area contributed by atoms with Crippen LogP contribution >= 0.6 is 12.2 Å². The molecular formula is C15H15FN2OS. The van der Waals surface area contributed by atoms with E-state index in [4.69, 9.17) is 22.7 Å². The van der Waals surface area contributed by atoms with E-state index in [9.17, 15) is 4.39 Å². The molecule has 3 nitrogen and oxygen atoms in total. The fraction of sp³-hybridized carbons (Fsp3) is 0.133. The molecule has 0 atom stereocenters. The number of anilines is 2. The Hall–Kier alpha value is -1.98. The fourth-order valence-electron chi connectivity index (χ4n) is 1.90. The van der Waals surface area contributed by atoms with Crippen molar-refractivity contribution >= 4 is 28.6 Å².